The Kier molecular flexibility index (Phi) is 6.10. The molecule has 1 aromatic heterocycles. The molecule has 0 radical (unpaired) electrons. The van der Waals surface area contributed by atoms with Gasteiger partial charge in [0, 0.05) is 31.5 Å². The summed E-state index contributed by atoms with van der Waals surface area (Å²) < 4.78 is 5.47. The lowest BCUT2D eigenvalue weighted by Crippen LogP contribution is -2.37. The second kappa shape index (κ2) is 8.06. The molecule has 0 unspecified atom stereocenters. The van der Waals surface area contributed by atoms with Crippen LogP contribution in [0.3, 0.4) is 0 Å². The highest BCUT2D eigenvalue weighted by Gasteiger charge is 2.33. The Morgan fingerprint density at radius 2 is 2.13 bits per heavy atom. The third-order valence-electron chi connectivity index (χ3n) is 4.51. The van der Waals surface area contributed by atoms with Crippen LogP contribution in [0, 0.1) is 5.41 Å². The molecule has 0 spiro atoms. The molecular formula is C17H24N2O4. The topological polar surface area (TPSA) is 88.5 Å². The van der Waals surface area contributed by atoms with E-state index in [0.29, 0.717) is 25.3 Å². The number of aromatic nitrogens is 1. The van der Waals surface area contributed by atoms with E-state index in [1.54, 1.807) is 0 Å². The fourth-order valence-electron chi connectivity index (χ4n) is 3.13. The van der Waals surface area contributed by atoms with Gasteiger partial charge in [-0.05, 0) is 43.7 Å². The molecule has 2 N–H and O–H groups in total. The van der Waals surface area contributed by atoms with Crippen LogP contribution in [-0.2, 0) is 4.74 Å². The average Bonchev–Trinajstić information content (AvgIpc) is 3.02. The molecule has 1 aliphatic rings. The first kappa shape index (κ1) is 17.4. The lowest BCUT2D eigenvalue weighted by molar-refractivity contribution is 0.0690. The van der Waals surface area contributed by atoms with Gasteiger partial charge < -0.3 is 15.2 Å². The Hall–Kier alpha value is -1.95. The predicted molar refractivity (Wildman–Crippen MR) is 85.5 cm³/mol. The van der Waals surface area contributed by atoms with Gasteiger partial charge in [-0.25, -0.2) is 9.78 Å². The summed E-state index contributed by atoms with van der Waals surface area (Å²) >= 11 is 0. The lowest BCUT2D eigenvalue weighted by atomic mass is 9.83. The third-order valence-corrected chi connectivity index (χ3v) is 4.51. The van der Waals surface area contributed by atoms with Gasteiger partial charge in [0.1, 0.15) is 5.69 Å². The van der Waals surface area contributed by atoms with E-state index in [4.69, 9.17) is 9.84 Å². The maximum atomic E-state index is 12.3. The average molecular weight is 320 g/mol. The largest absolute Gasteiger partial charge is 0.477 e. The summed E-state index contributed by atoms with van der Waals surface area (Å²) in [4.78, 5) is 26.9. The van der Waals surface area contributed by atoms with Gasteiger partial charge in [0.15, 0.2) is 0 Å². The number of hydrogen-bond acceptors (Lipinski definition) is 4. The number of carboxylic acids is 1. The molecule has 6 nitrogen and oxygen atoms in total. The number of carbonyl (C=O) groups excluding carboxylic acids is 1. The van der Waals surface area contributed by atoms with Gasteiger partial charge >= 0.3 is 5.97 Å². The molecule has 1 aromatic rings. The monoisotopic (exact) mass is 320 g/mol. The molecule has 2 rings (SSSR count). The number of rotatable bonds is 8. The van der Waals surface area contributed by atoms with Crippen LogP contribution in [0.5, 0.6) is 0 Å². The highest BCUT2D eigenvalue weighted by Crippen LogP contribution is 2.40. The number of pyridine rings is 1. The Labute approximate surface area is 136 Å². The van der Waals surface area contributed by atoms with Gasteiger partial charge in [-0.15, -0.1) is 0 Å². The van der Waals surface area contributed by atoms with E-state index >= 15 is 0 Å². The second-order valence-corrected chi connectivity index (χ2v) is 6.07. The second-order valence-electron chi connectivity index (χ2n) is 6.07. The molecule has 0 aliphatic heterocycles. The molecule has 126 valence electrons. The highest BCUT2D eigenvalue weighted by atomic mass is 16.5. The van der Waals surface area contributed by atoms with E-state index in [2.05, 4.69) is 10.3 Å². The molecule has 6 heteroatoms. The van der Waals surface area contributed by atoms with E-state index in [9.17, 15) is 9.59 Å². The van der Waals surface area contributed by atoms with Crippen LogP contribution in [0.15, 0.2) is 18.3 Å². The minimum atomic E-state index is -1.14. The van der Waals surface area contributed by atoms with Crippen LogP contribution in [0.25, 0.3) is 0 Å². The van der Waals surface area contributed by atoms with Crippen LogP contribution < -0.4 is 5.32 Å². The highest BCUT2D eigenvalue weighted by molar-refractivity contribution is 5.96. The van der Waals surface area contributed by atoms with Crippen LogP contribution in [0.4, 0.5) is 0 Å². The van der Waals surface area contributed by atoms with Crippen molar-refractivity contribution in [2.45, 2.75) is 39.0 Å². The summed E-state index contributed by atoms with van der Waals surface area (Å²) in [6.07, 6.45) is 6.84. The molecule has 0 aromatic carbocycles. The van der Waals surface area contributed by atoms with Crippen molar-refractivity contribution in [3.8, 4) is 0 Å². The van der Waals surface area contributed by atoms with Crippen molar-refractivity contribution in [1.29, 1.82) is 0 Å². The van der Waals surface area contributed by atoms with E-state index in [1.807, 2.05) is 6.92 Å². The summed E-state index contributed by atoms with van der Waals surface area (Å²) in [6, 6.07) is 2.84. The summed E-state index contributed by atoms with van der Waals surface area (Å²) in [7, 11) is 0. The zero-order valence-corrected chi connectivity index (χ0v) is 13.5. The zero-order chi connectivity index (χ0) is 16.7. The van der Waals surface area contributed by atoms with E-state index in [1.165, 1.54) is 31.2 Å². The first-order valence-corrected chi connectivity index (χ1v) is 8.12. The fraction of sp³-hybridized carbons (Fsp3) is 0.588. The molecule has 1 saturated carbocycles. The molecule has 23 heavy (non-hydrogen) atoms. The molecule has 0 atom stereocenters. The van der Waals surface area contributed by atoms with E-state index in [-0.39, 0.29) is 17.0 Å². The van der Waals surface area contributed by atoms with Gasteiger partial charge in [0.25, 0.3) is 5.91 Å². The summed E-state index contributed by atoms with van der Waals surface area (Å²) in [6.45, 7) is 4.00. The van der Waals surface area contributed by atoms with Crippen LogP contribution in [-0.4, -0.2) is 41.7 Å². The molecule has 1 fully saturated rings. The smallest absolute Gasteiger partial charge is 0.354 e. The number of hydrogen-bond donors (Lipinski definition) is 2. The standard InChI is InChI=1S/C17H24N2O4/c1-2-23-10-8-17(6-3-4-7-17)12-19-15(20)13-5-9-18-14(11-13)16(21)22/h5,9,11H,2-4,6-8,10,12H2,1H3,(H,19,20)(H,21,22). The minimum Gasteiger partial charge on any atom is -0.477 e. The predicted octanol–water partition coefficient (Wildman–Crippen LogP) is 2.50. The van der Waals surface area contributed by atoms with Crippen molar-refractivity contribution in [3.05, 3.63) is 29.6 Å². The fourth-order valence-corrected chi connectivity index (χ4v) is 3.13. The summed E-state index contributed by atoms with van der Waals surface area (Å²) in [5, 5.41) is 11.9. The lowest BCUT2D eigenvalue weighted by Gasteiger charge is -2.29. The van der Waals surface area contributed by atoms with Crippen molar-refractivity contribution >= 4 is 11.9 Å². The van der Waals surface area contributed by atoms with Crippen molar-refractivity contribution in [2.75, 3.05) is 19.8 Å². The normalized spacial score (nSPS) is 16.2. The maximum Gasteiger partial charge on any atom is 0.354 e. The Morgan fingerprint density at radius 3 is 2.78 bits per heavy atom. The van der Waals surface area contributed by atoms with E-state index in [0.717, 1.165) is 19.3 Å². The number of aromatic carboxylic acids is 1. The Bertz CT molecular complexity index is 553. The van der Waals surface area contributed by atoms with Crippen molar-refractivity contribution in [3.63, 3.8) is 0 Å². The zero-order valence-electron chi connectivity index (χ0n) is 13.5. The first-order chi connectivity index (χ1) is 11.1. The maximum absolute atomic E-state index is 12.3. The van der Waals surface area contributed by atoms with Crippen molar-refractivity contribution in [1.82, 2.24) is 10.3 Å². The summed E-state index contributed by atoms with van der Waals surface area (Å²) in [5.74, 6) is -1.39. The van der Waals surface area contributed by atoms with Crippen molar-refractivity contribution < 1.29 is 19.4 Å². The molecule has 0 bridgehead atoms. The summed E-state index contributed by atoms with van der Waals surface area (Å²) in [5.41, 5.74) is 0.313. The van der Waals surface area contributed by atoms with Gasteiger partial charge in [-0.2, -0.15) is 0 Å². The molecule has 1 heterocycles. The minimum absolute atomic E-state index is 0.105. The molecule has 1 amide bonds. The number of ether oxygens (including phenoxy) is 1. The third kappa shape index (κ3) is 4.76. The van der Waals surface area contributed by atoms with Gasteiger partial charge in [-0.1, -0.05) is 12.8 Å². The van der Waals surface area contributed by atoms with Crippen LogP contribution in [0.2, 0.25) is 0 Å². The Balaban J connectivity index is 1.96. The molecule has 1 aliphatic carbocycles. The quantitative estimate of drug-likeness (QED) is 0.718. The number of nitrogens with one attached hydrogen (secondary N) is 1. The van der Waals surface area contributed by atoms with Gasteiger partial charge in [-0.3, -0.25) is 4.79 Å². The van der Waals surface area contributed by atoms with E-state index < -0.39 is 5.97 Å². The van der Waals surface area contributed by atoms with Crippen molar-refractivity contribution in [2.24, 2.45) is 5.41 Å². The Morgan fingerprint density at radius 1 is 1.39 bits per heavy atom. The van der Waals surface area contributed by atoms with Gasteiger partial charge in [0.05, 0.1) is 0 Å². The SMILES string of the molecule is CCOCCC1(CNC(=O)c2ccnc(C(=O)O)c2)CCCC1. The van der Waals surface area contributed by atoms with Crippen LogP contribution >= 0.6 is 0 Å². The number of nitrogens with zero attached hydrogens (tertiary/aromatic N) is 1. The first-order valence-electron chi connectivity index (χ1n) is 8.12. The van der Waals surface area contributed by atoms with Gasteiger partial charge in [0.2, 0.25) is 0 Å². The molecule has 0 saturated heterocycles. The number of carboxylic acid groups (broad SMARTS) is 1. The number of carbonyl (C=O) groups is 2. The van der Waals surface area contributed by atoms with Crippen LogP contribution in [0.1, 0.15) is 59.9 Å². The number of amides is 1. The molecular weight excluding hydrogens is 296 g/mol.